The van der Waals surface area contributed by atoms with Crippen LogP contribution in [0.5, 0.6) is 0 Å². The molecule has 150 valence electrons. The maximum atomic E-state index is 11.6. The summed E-state index contributed by atoms with van der Waals surface area (Å²) < 4.78 is 12.1. The highest BCUT2D eigenvalue weighted by atomic mass is 35.5. The van der Waals surface area contributed by atoms with Crippen molar-refractivity contribution in [3.63, 3.8) is 0 Å². The van der Waals surface area contributed by atoms with Crippen LogP contribution in [0.4, 0.5) is 0 Å². The molecule has 1 aliphatic carbocycles. The fraction of sp³-hybridized carbons (Fsp3) is 0.700. The Kier molecular flexibility index (Phi) is 6.41. The quantitative estimate of drug-likeness (QED) is 0.828. The minimum Gasteiger partial charge on any atom is -0.377 e. The van der Waals surface area contributed by atoms with Crippen molar-refractivity contribution in [3.8, 4) is 0 Å². The standard InChI is InChI=1S/C20H29N3O3.ClH/c1-25-20(14-7-8-22-18(10-14)19(21)24)15-4-2-5-16(20)12-23(11-15)13-17-6-3-9-26-17;/h7-8,10,15-17H,2-6,9,11-13H2,1H3,(H2,21,24);1H/t15-,16+,17-,20?;/m1./s1. The number of hydrogen-bond acceptors (Lipinski definition) is 5. The molecular weight excluding hydrogens is 366 g/mol. The van der Waals surface area contributed by atoms with E-state index in [9.17, 15) is 4.79 Å². The number of amides is 1. The molecule has 0 radical (unpaired) electrons. The number of hydrogen-bond donors (Lipinski definition) is 1. The molecule has 1 aromatic rings. The van der Waals surface area contributed by atoms with Crippen LogP contribution in [0, 0.1) is 11.8 Å². The number of ether oxygens (including phenoxy) is 2. The second kappa shape index (κ2) is 8.43. The molecule has 3 fully saturated rings. The Labute approximate surface area is 167 Å². The number of piperidine rings is 1. The van der Waals surface area contributed by atoms with Gasteiger partial charge in [-0.15, -0.1) is 12.4 Å². The van der Waals surface area contributed by atoms with E-state index in [0.717, 1.165) is 44.6 Å². The van der Waals surface area contributed by atoms with Crippen molar-refractivity contribution >= 4 is 18.3 Å². The smallest absolute Gasteiger partial charge is 0.267 e. The molecule has 2 N–H and O–H groups in total. The molecule has 0 aromatic carbocycles. The summed E-state index contributed by atoms with van der Waals surface area (Å²) in [6.07, 6.45) is 7.94. The molecule has 0 spiro atoms. The SMILES string of the molecule is COC1(c2ccnc(C(N)=O)c2)[C@@H]2CCC[C@H]1CN(C[C@H]1CCCO1)C2.Cl. The minimum atomic E-state index is -0.487. The molecular formula is C20H30ClN3O3. The fourth-order valence-electron chi connectivity index (χ4n) is 5.48. The summed E-state index contributed by atoms with van der Waals surface area (Å²) in [6.45, 7) is 3.95. The first-order chi connectivity index (χ1) is 12.6. The van der Waals surface area contributed by atoms with E-state index in [1.165, 1.54) is 19.3 Å². The van der Waals surface area contributed by atoms with Crippen molar-refractivity contribution in [3.05, 3.63) is 29.6 Å². The summed E-state index contributed by atoms with van der Waals surface area (Å²) in [5.41, 5.74) is 6.48. The van der Waals surface area contributed by atoms with Crippen LogP contribution in [0.2, 0.25) is 0 Å². The van der Waals surface area contributed by atoms with Crippen LogP contribution in [-0.2, 0) is 15.1 Å². The van der Waals surface area contributed by atoms with Gasteiger partial charge in [0.2, 0.25) is 0 Å². The summed E-state index contributed by atoms with van der Waals surface area (Å²) in [4.78, 5) is 18.3. The molecule has 6 nitrogen and oxygen atoms in total. The number of carbonyl (C=O) groups excluding carboxylic acids is 1. The summed E-state index contributed by atoms with van der Waals surface area (Å²) in [5, 5.41) is 0. The topological polar surface area (TPSA) is 77.7 Å². The number of methoxy groups -OCH3 is 1. The van der Waals surface area contributed by atoms with E-state index < -0.39 is 5.91 Å². The van der Waals surface area contributed by atoms with Crippen LogP contribution in [0.25, 0.3) is 0 Å². The van der Waals surface area contributed by atoms with E-state index in [1.54, 1.807) is 6.20 Å². The molecule has 7 heteroatoms. The molecule has 1 unspecified atom stereocenters. The molecule has 1 amide bonds. The van der Waals surface area contributed by atoms with Gasteiger partial charge < -0.3 is 15.2 Å². The maximum Gasteiger partial charge on any atom is 0.267 e. The number of nitrogens with two attached hydrogens (primary N) is 1. The van der Waals surface area contributed by atoms with Crippen LogP contribution < -0.4 is 5.73 Å². The third kappa shape index (κ3) is 3.73. The number of carbonyl (C=O) groups is 1. The molecule has 27 heavy (non-hydrogen) atoms. The van der Waals surface area contributed by atoms with Gasteiger partial charge in [-0.05, 0) is 43.4 Å². The monoisotopic (exact) mass is 395 g/mol. The third-order valence-electron chi connectivity index (χ3n) is 6.56. The maximum absolute atomic E-state index is 11.6. The second-order valence-corrected chi connectivity index (χ2v) is 7.97. The zero-order valence-electron chi connectivity index (χ0n) is 15.9. The van der Waals surface area contributed by atoms with Crippen molar-refractivity contribution in [1.29, 1.82) is 0 Å². The minimum absolute atomic E-state index is 0. The predicted molar refractivity (Wildman–Crippen MR) is 105 cm³/mol. The molecule has 4 atom stereocenters. The van der Waals surface area contributed by atoms with Gasteiger partial charge in [-0.25, -0.2) is 0 Å². The van der Waals surface area contributed by atoms with Crippen LogP contribution in [-0.4, -0.2) is 55.2 Å². The molecule has 1 saturated carbocycles. The predicted octanol–water partition coefficient (Wildman–Crippen LogP) is 2.35. The van der Waals surface area contributed by atoms with Gasteiger partial charge in [0.05, 0.1) is 6.10 Å². The zero-order chi connectivity index (χ0) is 18.1. The Morgan fingerprint density at radius 2 is 2.07 bits per heavy atom. The lowest BCUT2D eigenvalue weighted by Gasteiger charge is -2.55. The Balaban J connectivity index is 0.00000210. The van der Waals surface area contributed by atoms with Gasteiger partial charge in [-0.2, -0.15) is 0 Å². The van der Waals surface area contributed by atoms with E-state index in [-0.39, 0.29) is 18.0 Å². The number of likely N-dealkylation sites (tertiary alicyclic amines) is 1. The Hall–Kier alpha value is -1.21. The Bertz CT molecular complexity index is 652. The van der Waals surface area contributed by atoms with Crippen LogP contribution in [0.1, 0.15) is 48.2 Å². The van der Waals surface area contributed by atoms with Crippen molar-refractivity contribution in [2.75, 3.05) is 33.4 Å². The third-order valence-corrected chi connectivity index (χ3v) is 6.56. The lowest BCUT2D eigenvalue weighted by atomic mass is 9.62. The average Bonchev–Trinajstić information content (AvgIpc) is 3.14. The molecule has 2 bridgehead atoms. The number of pyridine rings is 1. The molecule has 4 rings (SSSR count). The van der Waals surface area contributed by atoms with Gasteiger partial charge in [-0.3, -0.25) is 14.7 Å². The average molecular weight is 396 g/mol. The Morgan fingerprint density at radius 3 is 2.67 bits per heavy atom. The number of aromatic nitrogens is 1. The van der Waals surface area contributed by atoms with E-state index in [0.29, 0.717) is 23.6 Å². The lowest BCUT2D eigenvalue weighted by Crippen LogP contribution is -2.59. The fourth-order valence-corrected chi connectivity index (χ4v) is 5.48. The highest BCUT2D eigenvalue weighted by Crippen LogP contribution is 2.51. The van der Waals surface area contributed by atoms with Crippen molar-refractivity contribution in [2.45, 2.75) is 43.8 Å². The van der Waals surface area contributed by atoms with Crippen molar-refractivity contribution in [2.24, 2.45) is 17.6 Å². The van der Waals surface area contributed by atoms with E-state index >= 15 is 0 Å². The molecule has 3 heterocycles. The first-order valence-electron chi connectivity index (χ1n) is 9.79. The van der Waals surface area contributed by atoms with E-state index in [1.807, 2.05) is 19.2 Å². The Morgan fingerprint density at radius 1 is 1.33 bits per heavy atom. The number of rotatable bonds is 5. The number of halogens is 1. The molecule has 2 saturated heterocycles. The summed E-state index contributed by atoms with van der Waals surface area (Å²) in [5.74, 6) is 0.327. The van der Waals surface area contributed by atoms with Crippen LogP contribution in [0.15, 0.2) is 18.3 Å². The summed E-state index contributed by atoms with van der Waals surface area (Å²) >= 11 is 0. The van der Waals surface area contributed by atoms with E-state index in [4.69, 9.17) is 15.2 Å². The van der Waals surface area contributed by atoms with Gasteiger partial charge in [-0.1, -0.05) is 6.42 Å². The molecule has 1 aromatic heterocycles. The van der Waals surface area contributed by atoms with Crippen molar-refractivity contribution in [1.82, 2.24) is 9.88 Å². The van der Waals surface area contributed by atoms with Crippen molar-refractivity contribution < 1.29 is 14.3 Å². The summed E-state index contributed by atoms with van der Waals surface area (Å²) in [7, 11) is 1.81. The van der Waals surface area contributed by atoms with Gasteiger partial charge in [0.25, 0.3) is 5.91 Å². The highest BCUT2D eigenvalue weighted by molar-refractivity contribution is 5.90. The van der Waals surface area contributed by atoms with Gasteiger partial charge in [0.1, 0.15) is 11.3 Å². The lowest BCUT2D eigenvalue weighted by molar-refractivity contribution is -0.171. The number of fused-ring (bicyclic) bond motifs is 2. The second-order valence-electron chi connectivity index (χ2n) is 7.97. The number of nitrogens with zero attached hydrogens (tertiary/aromatic N) is 2. The number of primary amides is 1. The van der Waals surface area contributed by atoms with Gasteiger partial charge in [0.15, 0.2) is 0 Å². The van der Waals surface area contributed by atoms with Gasteiger partial charge in [0, 0.05) is 51.4 Å². The molecule has 2 aliphatic heterocycles. The van der Waals surface area contributed by atoms with Gasteiger partial charge >= 0.3 is 0 Å². The highest BCUT2D eigenvalue weighted by Gasteiger charge is 2.53. The first-order valence-corrected chi connectivity index (χ1v) is 9.79. The van der Waals surface area contributed by atoms with Crippen LogP contribution in [0.3, 0.4) is 0 Å². The first kappa shape index (κ1) is 20.5. The largest absolute Gasteiger partial charge is 0.377 e. The van der Waals surface area contributed by atoms with E-state index in [2.05, 4.69) is 9.88 Å². The normalized spacial score (nSPS) is 33.4. The molecule has 3 aliphatic rings. The zero-order valence-corrected chi connectivity index (χ0v) is 16.7. The summed E-state index contributed by atoms with van der Waals surface area (Å²) in [6, 6.07) is 3.84. The van der Waals surface area contributed by atoms with Crippen LogP contribution >= 0.6 is 12.4 Å².